The predicted molar refractivity (Wildman–Crippen MR) is 75.1 cm³/mol. The Morgan fingerprint density at radius 2 is 2.00 bits per heavy atom. The molecule has 0 unspecified atom stereocenters. The molecule has 2 heterocycles. The van der Waals surface area contributed by atoms with Crippen molar-refractivity contribution in [2.75, 3.05) is 0 Å². The lowest BCUT2D eigenvalue weighted by Gasteiger charge is -2.12. The molecule has 0 atom stereocenters. The summed E-state index contributed by atoms with van der Waals surface area (Å²) in [6.45, 7) is 2.59. The molecule has 2 nitrogen and oxygen atoms in total. The number of halogens is 1. The minimum atomic E-state index is -0.222. The van der Waals surface area contributed by atoms with Gasteiger partial charge < -0.3 is 4.57 Å². The van der Waals surface area contributed by atoms with E-state index in [1.54, 1.807) is 19.1 Å². The normalized spacial score (nSPS) is 13.6. The summed E-state index contributed by atoms with van der Waals surface area (Å²) < 4.78 is 15.1. The number of hydrogen-bond acceptors (Lipinski definition) is 1. The van der Waals surface area contributed by atoms with Gasteiger partial charge in [0, 0.05) is 30.3 Å². The van der Waals surface area contributed by atoms with Gasteiger partial charge in [-0.05, 0) is 43.2 Å². The van der Waals surface area contributed by atoms with E-state index >= 15 is 0 Å². The third-order valence-electron chi connectivity index (χ3n) is 3.49. The maximum absolute atomic E-state index is 13.2. The van der Waals surface area contributed by atoms with E-state index in [2.05, 4.69) is 11.8 Å². The minimum Gasteiger partial charge on any atom is -0.344 e. The van der Waals surface area contributed by atoms with Crippen LogP contribution in [0.2, 0.25) is 0 Å². The molecule has 3 heteroatoms. The molecule has 1 aromatic carbocycles. The Hall–Kier alpha value is -2.34. The zero-order valence-corrected chi connectivity index (χ0v) is 11.2. The van der Waals surface area contributed by atoms with Crippen LogP contribution in [0.5, 0.6) is 0 Å². The minimum absolute atomic E-state index is 0.182. The Labute approximate surface area is 117 Å². The van der Waals surface area contributed by atoms with Gasteiger partial charge in [-0.25, -0.2) is 4.39 Å². The molecule has 0 saturated carbocycles. The van der Waals surface area contributed by atoms with Gasteiger partial charge in [0.05, 0.1) is 5.69 Å². The van der Waals surface area contributed by atoms with Crippen LogP contribution >= 0.6 is 0 Å². The number of fused-ring (bicyclic) bond motifs is 1. The zero-order valence-electron chi connectivity index (χ0n) is 11.2. The van der Waals surface area contributed by atoms with Crippen molar-refractivity contribution in [2.24, 2.45) is 0 Å². The fraction of sp³-hybridized carbons (Fsp3) is 0.235. The van der Waals surface area contributed by atoms with Gasteiger partial charge in [0.2, 0.25) is 0 Å². The van der Waals surface area contributed by atoms with Gasteiger partial charge in [-0.15, -0.1) is 0 Å². The molecule has 0 bridgehead atoms. The molecule has 0 fully saturated rings. The van der Waals surface area contributed by atoms with Crippen LogP contribution < -0.4 is 0 Å². The molecule has 100 valence electrons. The third-order valence-corrected chi connectivity index (χ3v) is 3.49. The van der Waals surface area contributed by atoms with Crippen molar-refractivity contribution >= 4 is 5.78 Å². The number of aryl methyl sites for hydroxylation is 2. The summed E-state index contributed by atoms with van der Waals surface area (Å²) in [5, 5.41) is 0. The molecule has 0 N–H and O–H groups in total. The van der Waals surface area contributed by atoms with Gasteiger partial charge >= 0.3 is 0 Å². The Kier molecular flexibility index (Phi) is 3.15. The number of hydrogen-bond donors (Lipinski definition) is 0. The number of ketones is 1. The SMILES string of the molecule is Cc1cc(C#Cc2cc3n(c2)CCCC3=O)ccc1F. The highest BCUT2D eigenvalue weighted by atomic mass is 19.1. The van der Waals surface area contributed by atoms with Crippen LogP contribution in [-0.2, 0) is 6.54 Å². The summed E-state index contributed by atoms with van der Waals surface area (Å²) in [6.07, 6.45) is 3.42. The van der Waals surface area contributed by atoms with E-state index in [1.165, 1.54) is 6.07 Å². The lowest BCUT2D eigenvalue weighted by atomic mass is 10.1. The first kappa shape index (κ1) is 12.7. The van der Waals surface area contributed by atoms with Gasteiger partial charge in [0.1, 0.15) is 5.82 Å². The first-order valence-electron chi connectivity index (χ1n) is 6.65. The van der Waals surface area contributed by atoms with Crippen molar-refractivity contribution in [1.82, 2.24) is 4.57 Å². The molecule has 0 spiro atoms. The number of carbonyl (C=O) groups is 1. The molecule has 1 aromatic heterocycles. The molecular weight excluding hydrogens is 253 g/mol. The number of aromatic nitrogens is 1. The second kappa shape index (κ2) is 4.97. The highest BCUT2D eigenvalue weighted by molar-refractivity contribution is 5.95. The third kappa shape index (κ3) is 2.37. The molecule has 2 aromatic rings. The molecule has 0 aliphatic carbocycles. The average Bonchev–Trinajstić information content (AvgIpc) is 2.85. The number of nitrogens with zero attached hydrogens (tertiary/aromatic N) is 1. The first-order valence-corrected chi connectivity index (χ1v) is 6.65. The van der Waals surface area contributed by atoms with E-state index in [-0.39, 0.29) is 11.6 Å². The topological polar surface area (TPSA) is 22.0 Å². The van der Waals surface area contributed by atoms with Crippen LogP contribution in [0.1, 0.15) is 40.0 Å². The average molecular weight is 267 g/mol. The van der Waals surface area contributed by atoms with Crippen LogP contribution in [0.15, 0.2) is 30.5 Å². The lowest BCUT2D eigenvalue weighted by molar-refractivity contribution is 0.0955. The lowest BCUT2D eigenvalue weighted by Crippen LogP contribution is -2.14. The Balaban J connectivity index is 1.90. The van der Waals surface area contributed by atoms with Crippen LogP contribution in [-0.4, -0.2) is 10.4 Å². The molecule has 0 amide bonds. The van der Waals surface area contributed by atoms with Crippen molar-refractivity contribution in [2.45, 2.75) is 26.3 Å². The molecule has 0 radical (unpaired) electrons. The van der Waals surface area contributed by atoms with Gasteiger partial charge in [-0.2, -0.15) is 0 Å². The van der Waals surface area contributed by atoms with Crippen LogP contribution in [0, 0.1) is 24.6 Å². The molecule has 0 saturated heterocycles. The maximum atomic E-state index is 13.2. The first-order chi connectivity index (χ1) is 9.63. The predicted octanol–water partition coefficient (Wildman–Crippen LogP) is 3.31. The quantitative estimate of drug-likeness (QED) is 0.671. The zero-order chi connectivity index (χ0) is 14.1. The van der Waals surface area contributed by atoms with Crippen LogP contribution in [0.4, 0.5) is 4.39 Å². The summed E-state index contributed by atoms with van der Waals surface area (Å²) in [5.74, 6) is 6.01. The summed E-state index contributed by atoms with van der Waals surface area (Å²) >= 11 is 0. The second-order valence-corrected chi connectivity index (χ2v) is 5.05. The van der Waals surface area contributed by atoms with Crippen molar-refractivity contribution in [3.05, 3.63) is 58.7 Å². The van der Waals surface area contributed by atoms with E-state index in [9.17, 15) is 9.18 Å². The number of Topliss-reactive ketones (excluding diaryl/α,β-unsaturated/α-hetero) is 1. The second-order valence-electron chi connectivity index (χ2n) is 5.05. The van der Waals surface area contributed by atoms with Gasteiger partial charge in [0.15, 0.2) is 5.78 Å². The largest absolute Gasteiger partial charge is 0.344 e. The van der Waals surface area contributed by atoms with Crippen molar-refractivity contribution in [3.63, 3.8) is 0 Å². The van der Waals surface area contributed by atoms with Crippen molar-refractivity contribution in [1.29, 1.82) is 0 Å². The molecular formula is C17H14FNO. The van der Waals surface area contributed by atoms with E-state index in [4.69, 9.17) is 0 Å². The summed E-state index contributed by atoms with van der Waals surface area (Å²) in [4.78, 5) is 11.7. The number of rotatable bonds is 0. The Bertz CT molecular complexity index is 746. The fourth-order valence-corrected chi connectivity index (χ4v) is 2.40. The maximum Gasteiger partial charge on any atom is 0.179 e. The highest BCUT2D eigenvalue weighted by Gasteiger charge is 2.17. The summed E-state index contributed by atoms with van der Waals surface area (Å²) in [5.41, 5.74) is 2.94. The standard InChI is InChI=1S/C17H14FNO/c1-12-9-13(6-7-15(12)18)4-5-14-10-16-17(20)3-2-8-19(16)11-14/h6-7,9-11H,2-3,8H2,1H3. The van der Waals surface area contributed by atoms with E-state index in [0.717, 1.165) is 29.8 Å². The molecule has 1 aliphatic heterocycles. The fourth-order valence-electron chi connectivity index (χ4n) is 2.40. The monoisotopic (exact) mass is 267 g/mol. The Morgan fingerprint density at radius 1 is 1.20 bits per heavy atom. The van der Waals surface area contributed by atoms with Crippen LogP contribution in [0.3, 0.4) is 0 Å². The molecule has 3 rings (SSSR count). The van der Waals surface area contributed by atoms with Gasteiger partial charge in [0.25, 0.3) is 0 Å². The number of benzene rings is 1. The van der Waals surface area contributed by atoms with E-state index < -0.39 is 0 Å². The van der Waals surface area contributed by atoms with Gasteiger partial charge in [-0.3, -0.25) is 4.79 Å². The van der Waals surface area contributed by atoms with Crippen molar-refractivity contribution in [3.8, 4) is 11.8 Å². The summed E-state index contributed by atoms with van der Waals surface area (Å²) in [7, 11) is 0. The smallest absolute Gasteiger partial charge is 0.179 e. The highest BCUT2D eigenvalue weighted by Crippen LogP contribution is 2.17. The van der Waals surface area contributed by atoms with E-state index in [1.807, 2.05) is 16.8 Å². The molecule has 20 heavy (non-hydrogen) atoms. The number of carbonyl (C=O) groups excluding carboxylic acids is 1. The van der Waals surface area contributed by atoms with Crippen LogP contribution in [0.25, 0.3) is 0 Å². The van der Waals surface area contributed by atoms with Gasteiger partial charge in [-0.1, -0.05) is 11.8 Å². The summed E-state index contributed by atoms with van der Waals surface area (Å²) in [6, 6.07) is 6.65. The molecule has 1 aliphatic rings. The van der Waals surface area contributed by atoms with Crippen molar-refractivity contribution < 1.29 is 9.18 Å². The van der Waals surface area contributed by atoms with E-state index in [0.29, 0.717) is 12.0 Å². The Morgan fingerprint density at radius 3 is 2.75 bits per heavy atom.